The van der Waals surface area contributed by atoms with Crippen LogP contribution in [0.1, 0.15) is 65.2 Å². The van der Waals surface area contributed by atoms with Crippen LogP contribution in [0.2, 0.25) is 157 Å². The topological polar surface area (TPSA) is 0 Å². The molecule has 0 aliphatic rings. The van der Waals surface area contributed by atoms with E-state index in [1.54, 1.807) is 55.6 Å². The minimum Gasteiger partial charge on any atom is -0.0693 e. The minimum absolute atomic E-state index is 0.696. The standard InChI is InChI=1S/C50H93ISi8/c1-34-40(47(52(5,6)7)53(8,9)10)32-41(48(54(11,12)13)55(14,15)16)35(2)44(34)38-30-29-31-39(46(38)51)45-36(3)42(49(56(17,18)19)57(20,21)22)33-43(37(45)4)50(58(23,24)25)59(26,27)28/h29-33,47-50H,1-28H3. The first-order valence-electron chi connectivity index (χ1n) is 23.1. The summed E-state index contributed by atoms with van der Waals surface area (Å²) in [7, 11) is -12.6. The van der Waals surface area contributed by atoms with Crippen LogP contribution in [-0.2, 0) is 0 Å². The van der Waals surface area contributed by atoms with Crippen LogP contribution in [0.15, 0.2) is 30.3 Å². The van der Waals surface area contributed by atoms with E-state index in [1.165, 1.54) is 14.7 Å². The largest absolute Gasteiger partial charge is 0.0693 e. The molecule has 0 saturated heterocycles. The predicted octanol–water partition coefficient (Wildman–Crippen LogP) is 18.2. The van der Waals surface area contributed by atoms with Crippen molar-refractivity contribution in [3.05, 3.63) is 78.4 Å². The van der Waals surface area contributed by atoms with Gasteiger partial charge in [0.15, 0.2) is 0 Å². The monoisotopic (exact) mass is 1040 g/mol. The average molecular weight is 1050 g/mol. The summed E-state index contributed by atoms with van der Waals surface area (Å²) in [5, 5.41) is 2.78. The molecule has 0 aliphatic carbocycles. The van der Waals surface area contributed by atoms with E-state index in [-0.39, 0.29) is 0 Å². The zero-order valence-corrected chi connectivity index (χ0v) is 54.2. The molecule has 0 atom stereocenters. The molecule has 0 N–H and O–H groups in total. The number of hydrogen-bond acceptors (Lipinski definition) is 0. The highest BCUT2D eigenvalue weighted by Gasteiger charge is 2.46. The van der Waals surface area contributed by atoms with Crippen LogP contribution in [-0.4, -0.2) is 64.6 Å². The van der Waals surface area contributed by atoms with E-state index < -0.39 is 64.6 Å². The van der Waals surface area contributed by atoms with Crippen molar-refractivity contribution in [3.8, 4) is 22.3 Å². The molecule has 3 rings (SSSR count). The van der Waals surface area contributed by atoms with E-state index in [2.05, 4.69) is 238 Å². The number of rotatable bonds is 14. The zero-order valence-electron chi connectivity index (χ0n) is 44.1. The van der Waals surface area contributed by atoms with Gasteiger partial charge in [0.05, 0.1) is 0 Å². The summed E-state index contributed by atoms with van der Waals surface area (Å²) < 4.78 is 1.46. The molecule has 0 unspecified atom stereocenters. The van der Waals surface area contributed by atoms with Gasteiger partial charge in [-0.3, -0.25) is 0 Å². The molecule has 0 radical (unpaired) electrons. The van der Waals surface area contributed by atoms with Crippen LogP contribution in [0.5, 0.6) is 0 Å². The SMILES string of the molecule is Cc1c(C([Si](C)(C)C)[Si](C)(C)C)cc(C([Si](C)(C)C)[Si](C)(C)C)c(C)c1-c1cccc(-c2c(C)c(C([Si](C)(C)C)[Si](C)(C)C)cc(C([Si](C)(C)C)[Si](C)(C)C)c2C)c1I. The Morgan fingerprint density at radius 1 is 0.322 bits per heavy atom. The molecule has 3 aromatic rings. The molecule has 59 heavy (non-hydrogen) atoms. The van der Waals surface area contributed by atoms with Crippen LogP contribution in [0, 0.1) is 31.3 Å². The summed E-state index contributed by atoms with van der Waals surface area (Å²) in [4.78, 5) is 0. The van der Waals surface area contributed by atoms with Crippen molar-refractivity contribution < 1.29 is 0 Å². The van der Waals surface area contributed by atoms with Gasteiger partial charge < -0.3 is 0 Å². The normalized spacial score (nSPS) is 14.5. The number of benzene rings is 3. The second kappa shape index (κ2) is 17.5. The Kier molecular flexibility index (Phi) is 15.9. The summed E-state index contributed by atoms with van der Waals surface area (Å²) >= 11 is 2.83. The van der Waals surface area contributed by atoms with Gasteiger partial charge in [-0.25, -0.2) is 0 Å². The maximum atomic E-state index is 2.83. The van der Waals surface area contributed by atoms with Gasteiger partial charge in [-0.15, -0.1) is 0 Å². The van der Waals surface area contributed by atoms with Gasteiger partial charge in [0, 0.05) is 68.2 Å². The molecule has 3 aromatic carbocycles. The van der Waals surface area contributed by atoms with Crippen LogP contribution < -0.4 is 0 Å². The predicted molar refractivity (Wildman–Crippen MR) is 307 cm³/mol. The maximum absolute atomic E-state index is 2.83. The summed E-state index contributed by atoms with van der Waals surface area (Å²) in [6, 6.07) is 13.1. The van der Waals surface area contributed by atoms with Gasteiger partial charge in [-0.2, -0.15) is 0 Å². The van der Waals surface area contributed by atoms with Gasteiger partial charge >= 0.3 is 0 Å². The summed E-state index contributed by atoms with van der Waals surface area (Å²) in [6.45, 7) is 73.9. The Balaban J connectivity index is 2.77. The number of halogens is 1. The molecule has 0 saturated carbocycles. The van der Waals surface area contributed by atoms with Crippen molar-refractivity contribution in [2.45, 2.75) is 205 Å². The van der Waals surface area contributed by atoms with Crippen molar-refractivity contribution in [1.29, 1.82) is 0 Å². The van der Waals surface area contributed by atoms with Gasteiger partial charge in [0.2, 0.25) is 0 Å². The molecular formula is C50H93ISi8. The number of hydrogen-bond donors (Lipinski definition) is 0. The van der Waals surface area contributed by atoms with Crippen molar-refractivity contribution in [2.75, 3.05) is 0 Å². The average Bonchev–Trinajstić information content (AvgIpc) is 2.94. The third kappa shape index (κ3) is 11.5. The maximum Gasteiger partial charge on any atom is 0.0493 e. The fourth-order valence-electron chi connectivity index (χ4n) is 13.8. The lowest BCUT2D eigenvalue weighted by molar-refractivity contribution is 1.08. The van der Waals surface area contributed by atoms with Crippen molar-refractivity contribution in [3.63, 3.8) is 0 Å². The molecule has 0 fully saturated rings. The first-order chi connectivity index (χ1) is 26.0. The highest BCUT2D eigenvalue weighted by atomic mass is 127. The quantitative estimate of drug-likeness (QED) is 0.111. The minimum atomic E-state index is -1.58. The van der Waals surface area contributed by atoms with Crippen LogP contribution in [0.25, 0.3) is 22.3 Å². The van der Waals surface area contributed by atoms with E-state index in [1.807, 2.05) is 0 Å². The van der Waals surface area contributed by atoms with E-state index in [9.17, 15) is 0 Å². The van der Waals surface area contributed by atoms with Crippen molar-refractivity contribution in [2.24, 2.45) is 0 Å². The van der Waals surface area contributed by atoms with E-state index in [4.69, 9.17) is 0 Å². The van der Waals surface area contributed by atoms with E-state index >= 15 is 0 Å². The molecule has 0 heterocycles. The molecule has 0 aliphatic heterocycles. The first-order valence-corrected chi connectivity index (χ1v) is 52.7. The van der Waals surface area contributed by atoms with E-state index in [0.29, 0.717) is 20.7 Å². The van der Waals surface area contributed by atoms with Crippen LogP contribution in [0.3, 0.4) is 0 Å². The Hall–Kier alpha value is 0.125. The second-order valence-electron chi connectivity index (χ2n) is 27.7. The summed E-state index contributed by atoms with van der Waals surface area (Å²) in [6.07, 6.45) is 0. The van der Waals surface area contributed by atoms with E-state index in [0.717, 1.165) is 0 Å². The molecular weight excluding hydrogens is 952 g/mol. The van der Waals surface area contributed by atoms with Crippen LogP contribution >= 0.6 is 22.6 Å². The fraction of sp³-hybridized carbons (Fsp3) is 0.640. The Morgan fingerprint density at radius 2 is 0.492 bits per heavy atom. The third-order valence-electron chi connectivity index (χ3n) is 13.6. The van der Waals surface area contributed by atoms with Crippen LogP contribution in [0.4, 0.5) is 0 Å². The lowest BCUT2D eigenvalue weighted by Gasteiger charge is -2.44. The molecule has 9 heteroatoms. The van der Waals surface area contributed by atoms with Crippen molar-refractivity contribution >= 4 is 87.2 Å². The molecule has 0 aromatic heterocycles. The molecule has 0 nitrogen and oxygen atoms in total. The first kappa shape index (κ1) is 53.5. The Morgan fingerprint density at radius 3 is 0.644 bits per heavy atom. The summed E-state index contributed by atoms with van der Waals surface area (Å²) in [5.41, 5.74) is 19.2. The van der Waals surface area contributed by atoms with Gasteiger partial charge in [-0.1, -0.05) is 187 Å². The molecule has 332 valence electrons. The Bertz CT molecular complexity index is 1700. The molecule has 0 spiro atoms. The van der Waals surface area contributed by atoms with Gasteiger partial charge in [0.1, 0.15) is 0 Å². The Labute approximate surface area is 390 Å². The lowest BCUT2D eigenvalue weighted by atomic mass is 9.85. The third-order valence-corrected chi connectivity index (χ3v) is 51.9. The van der Waals surface area contributed by atoms with Crippen molar-refractivity contribution in [1.82, 2.24) is 0 Å². The molecule has 0 amide bonds. The fourth-order valence-corrected chi connectivity index (χ4v) is 66.1. The lowest BCUT2D eigenvalue weighted by Crippen LogP contribution is -2.48. The highest BCUT2D eigenvalue weighted by Crippen LogP contribution is 2.51. The second-order valence-corrected chi connectivity index (χ2v) is 73.6. The van der Waals surface area contributed by atoms with Gasteiger partial charge in [0.25, 0.3) is 0 Å². The van der Waals surface area contributed by atoms with Gasteiger partial charge in [-0.05, 0) is 138 Å². The summed E-state index contributed by atoms with van der Waals surface area (Å²) in [5.74, 6) is 0. The zero-order chi connectivity index (χ0) is 46.4. The molecule has 0 bridgehead atoms. The smallest absolute Gasteiger partial charge is 0.0493 e. The highest BCUT2D eigenvalue weighted by molar-refractivity contribution is 14.1.